The van der Waals surface area contributed by atoms with Crippen molar-refractivity contribution in [2.45, 2.75) is 52.2 Å². The minimum absolute atomic E-state index is 0.223. The summed E-state index contributed by atoms with van der Waals surface area (Å²) in [6, 6.07) is 5.26. The van der Waals surface area contributed by atoms with Gasteiger partial charge >= 0.3 is 6.09 Å². The summed E-state index contributed by atoms with van der Waals surface area (Å²) in [5.41, 5.74) is 2.55. The fourth-order valence-corrected chi connectivity index (χ4v) is 3.04. The number of hydrogen-bond acceptors (Lipinski definition) is 5. The van der Waals surface area contributed by atoms with Gasteiger partial charge in [0.15, 0.2) is 11.8 Å². The Morgan fingerprint density at radius 3 is 2.54 bits per heavy atom. The Hall–Kier alpha value is -2.67. The van der Waals surface area contributed by atoms with Crippen molar-refractivity contribution in [2.75, 3.05) is 0 Å². The van der Waals surface area contributed by atoms with Crippen LogP contribution >= 0.6 is 11.6 Å². The van der Waals surface area contributed by atoms with E-state index in [0.717, 1.165) is 11.1 Å². The fraction of sp³-hybridized carbons (Fsp3) is 0.400. The van der Waals surface area contributed by atoms with Gasteiger partial charge in [-0.05, 0) is 38.8 Å². The standard InChI is InChI=1S/C20H24ClN5O2/c1-12(2)14-11-23-26-15(10-16(21)24-18(14)26)17(13-6-8-22-9-7-13)28-19(27)25-20(3,4)5/h6-12,17H,1-5H3,(H,25,27). The summed E-state index contributed by atoms with van der Waals surface area (Å²) < 4.78 is 7.48. The van der Waals surface area contributed by atoms with Gasteiger partial charge in [-0.25, -0.2) is 14.3 Å². The molecular weight excluding hydrogens is 378 g/mol. The Balaban J connectivity index is 2.12. The summed E-state index contributed by atoms with van der Waals surface area (Å²) in [4.78, 5) is 21.0. The molecule has 1 amide bonds. The number of hydrogen-bond donors (Lipinski definition) is 1. The number of halogens is 1. The zero-order valence-electron chi connectivity index (χ0n) is 16.6. The number of alkyl carbamates (subject to hydrolysis) is 1. The molecule has 3 aromatic heterocycles. The Labute approximate surface area is 169 Å². The fourth-order valence-electron chi connectivity index (χ4n) is 2.85. The van der Waals surface area contributed by atoms with E-state index in [2.05, 4.69) is 34.2 Å². The lowest BCUT2D eigenvalue weighted by molar-refractivity contribution is 0.106. The second-order valence-corrected chi connectivity index (χ2v) is 8.32. The van der Waals surface area contributed by atoms with Crippen molar-refractivity contribution in [1.29, 1.82) is 0 Å². The van der Waals surface area contributed by atoms with E-state index in [1.807, 2.05) is 20.8 Å². The normalized spacial score (nSPS) is 13.0. The van der Waals surface area contributed by atoms with Gasteiger partial charge in [0.1, 0.15) is 5.15 Å². The third kappa shape index (κ3) is 4.42. The summed E-state index contributed by atoms with van der Waals surface area (Å²) in [6.07, 6.45) is 3.80. The van der Waals surface area contributed by atoms with E-state index in [4.69, 9.17) is 16.3 Å². The number of fused-ring (bicyclic) bond motifs is 1. The maximum absolute atomic E-state index is 12.5. The van der Waals surface area contributed by atoms with Crippen LogP contribution in [0.5, 0.6) is 0 Å². The molecule has 1 atom stereocenters. The van der Waals surface area contributed by atoms with E-state index < -0.39 is 17.7 Å². The van der Waals surface area contributed by atoms with Crippen LogP contribution in [0.25, 0.3) is 5.65 Å². The van der Waals surface area contributed by atoms with Crippen LogP contribution in [-0.4, -0.2) is 31.2 Å². The monoisotopic (exact) mass is 401 g/mol. The van der Waals surface area contributed by atoms with Gasteiger partial charge in [-0.1, -0.05) is 25.4 Å². The third-order valence-corrected chi connectivity index (χ3v) is 4.29. The lowest BCUT2D eigenvalue weighted by atomic mass is 10.1. The highest BCUT2D eigenvalue weighted by Gasteiger charge is 2.26. The van der Waals surface area contributed by atoms with Crippen molar-refractivity contribution in [3.8, 4) is 0 Å². The molecule has 0 spiro atoms. The molecule has 0 saturated carbocycles. The number of rotatable bonds is 4. The second kappa shape index (κ2) is 7.75. The molecular formula is C20H24ClN5O2. The summed E-state index contributed by atoms with van der Waals surface area (Å²) in [7, 11) is 0. The van der Waals surface area contributed by atoms with Crippen LogP contribution in [0.3, 0.4) is 0 Å². The molecule has 8 heteroatoms. The van der Waals surface area contributed by atoms with E-state index in [1.165, 1.54) is 0 Å². The van der Waals surface area contributed by atoms with Crippen LogP contribution in [0.1, 0.15) is 63.5 Å². The average molecular weight is 402 g/mol. The quantitative estimate of drug-likeness (QED) is 0.650. The zero-order valence-corrected chi connectivity index (χ0v) is 17.4. The summed E-state index contributed by atoms with van der Waals surface area (Å²) >= 11 is 6.31. The molecule has 0 fully saturated rings. The number of aromatic nitrogens is 4. The predicted octanol–water partition coefficient (Wildman–Crippen LogP) is 4.52. The lowest BCUT2D eigenvalue weighted by Crippen LogP contribution is -2.41. The van der Waals surface area contributed by atoms with Crippen LogP contribution in [0.2, 0.25) is 5.15 Å². The highest BCUT2D eigenvalue weighted by Crippen LogP contribution is 2.30. The number of amides is 1. The molecule has 1 unspecified atom stereocenters. The van der Waals surface area contributed by atoms with Gasteiger partial charge in [0.2, 0.25) is 0 Å². The number of nitrogens with zero attached hydrogens (tertiary/aromatic N) is 4. The molecule has 1 N–H and O–H groups in total. The highest BCUT2D eigenvalue weighted by atomic mass is 35.5. The van der Waals surface area contributed by atoms with Gasteiger partial charge in [0.25, 0.3) is 0 Å². The van der Waals surface area contributed by atoms with Crippen molar-refractivity contribution in [3.63, 3.8) is 0 Å². The average Bonchev–Trinajstić information content (AvgIpc) is 3.02. The Morgan fingerprint density at radius 2 is 1.93 bits per heavy atom. The van der Waals surface area contributed by atoms with E-state index in [-0.39, 0.29) is 5.92 Å². The molecule has 28 heavy (non-hydrogen) atoms. The first kappa shape index (κ1) is 20.1. The van der Waals surface area contributed by atoms with Gasteiger partial charge in [0.05, 0.1) is 11.9 Å². The molecule has 7 nitrogen and oxygen atoms in total. The molecule has 3 heterocycles. The first-order valence-corrected chi connectivity index (χ1v) is 9.46. The number of carbonyl (C=O) groups is 1. The molecule has 3 aromatic rings. The largest absolute Gasteiger partial charge is 0.435 e. The van der Waals surface area contributed by atoms with Crippen molar-refractivity contribution >= 4 is 23.3 Å². The van der Waals surface area contributed by atoms with Crippen molar-refractivity contribution in [2.24, 2.45) is 0 Å². The summed E-state index contributed by atoms with van der Waals surface area (Å²) in [5.74, 6) is 0.223. The molecule has 0 aliphatic rings. The van der Waals surface area contributed by atoms with Gasteiger partial charge in [-0.3, -0.25) is 4.98 Å². The van der Waals surface area contributed by atoms with Gasteiger partial charge in [-0.2, -0.15) is 5.10 Å². The number of pyridine rings is 1. The minimum atomic E-state index is -0.728. The van der Waals surface area contributed by atoms with Crippen molar-refractivity contribution in [3.05, 3.63) is 58.8 Å². The second-order valence-electron chi connectivity index (χ2n) is 7.93. The van der Waals surface area contributed by atoms with E-state index in [1.54, 1.807) is 41.3 Å². The first-order valence-electron chi connectivity index (χ1n) is 9.08. The van der Waals surface area contributed by atoms with Crippen molar-refractivity contribution < 1.29 is 9.53 Å². The highest BCUT2D eigenvalue weighted by molar-refractivity contribution is 6.29. The Morgan fingerprint density at radius 1 is 1.25 bits per heavy atom. The lowest BCUT2D eigenvalue weighted by Gasteiger charge is -2.24. The first-order chi connectivity index (χ1) is 13.2. The van der Waals surface area contributed by atoms with Gasteiger partial charge in [-0.15, -0.1) is 0 Å². The molecule has 0 radical (unpaired) electrons. The summed E-state index contributed by atoms with van der Waals surface area (Å²) in [5, 5.41) is 7.61. The van der Waals surface area contributed by atoms with Crippen LogP contribution < -0.4 is 5.32 Å². The molecule has 0 aromatic carbocycles. The third-order valence-electron chi connectivity index (χ3n) is 4.10. The summed E-state index contributed by atoms with van der Waals surface area (Å²) in [6.45, 7) is 9.79. The SMILES string of the molecule is CC(C)c1cnn2c(C(OC(=O)NC(C)(C)C)c3ccncc3)cc(Cl)nc12. The minimum Gasteiger partial charge on any atom is -0.435 e. The smallest absolute Gasteiger partial charge is 0.408 e. The van der Waals surface area contributed by atoms with Crippen molar-refractivity contribution in [1.82, 2.24) is 24.9 Å². The van der Waals surface area contributed by atoms with Crippen LogP contribution in [0.15, 0.2) is 36.8 Å². The van der Waals surface area contributed by atoms with Gasteiger partial charge < -0.3 is 10.1 Å². The topological polar surface area (TPSA) is 81.4 Å². The van der Waals surface area contributed by atoms with Crippen LogP contribution in [0.4, 0.5) is 4.79 Å². The van der Waals surface area contributed by atoms with E-state index >= 15 is 0 Å². The number of carbonyl (C=O) groups excluding carboxylic acids is 1. The molecule has 0 bridgehead atoms. The van der Waals surface area contributed by atoms with Gasteiger partial charge in [0, 0.05) is 35.1 Å². The number of nitrogens with one attached hydrogen (secondary N) is 1. The van der Waals surface area contributed by atoms with E-state index in [9.17, 15) is 4.79 Å². The van der Waals surface area contributed by atoms with E-state index in [0.29, 0.717) is 16.5 Å². The molecule has 148 valence electrons. The molecule has 3 rings (SSSR count). The maximum Gasteiger partial charge on any atom is 0.408 e. The Bertz CT molecular complexity index is 979. The molecule has 0 saturated heterocycles. The Kier molecular flexibility index (Phi) is 5.56. The molecule has 0 aliphatic heterocycles. The predicted molar refractivity (Wildman–Crippen MR) is 108 cm³/mol. The number of ether oxygens (including phenoxy) is 1. The maximum atomic E-state index is 12.5. The van der Waals surface area contributed by atoms with Crippen LogP contribution in [-0.2, 0) is 4.74 Å². The van der Waals surface area contributed by atoms with Crippen LogP contribution in [0, 0.1) is 0 Å². The zero-order chi connectivity index (χ0) is 20.5. The molecule has 0 aliphatic carbocycles.